The van der Waals surface area contributed by atoms with Crippen LogP contribution in [-0.2, 0) is 26.2 Å². The third kappa shape index (κ3) is 8.13. The Morgan fingerprint density at radius 2 is 1.71 bits per heavy atom. The Bertz CT molecular complexity index is 1090. The summed E-state index contributed by atoms with van der Waals surface area (Å²) < 4.78 is 39.3. The lowest BCUT2D eigenvalue weighted by molar-refractivity contribution is -0.140. The van der Waals surface area contributed by atoms with E-state index < -0.39 is 16.1 Å². The summed E-state index contributed by atoms with van der Waals surface area (Å²) in [7, 11) is -3.54. The van der Waals surface area contributed by atoms with Crippen LogP contribution in [0.3, 0.4) is 0 Å². The highest BCUT2D eigenvalue weighted by molar-refractivity contribution is 7.92. The van der Waals surface area contributed by atoms with Crippen LogP contribution in [0.5, 0.6) is 0 Å². The largest absolute Gasteiger partial charge is 0.352 e. The predicted octanol–water partition coefficient (Wildman–Crippen LogP) is 3.62. The van der Waals surface area contributed by atoms with E-state index >= 15 is 0 Å². The van der Waals surface area contributed by atoms with Gasteiger partial charge < -0.3 is 10.2 Å². The van der Waals surface area contributed by atoms with Crippen molar-refractivity contribution in [1.29, 1.82) is 0 Å². The minimum absolute atomic E-state index is 0.0539. The molecule has 0 aliphatic heterocycles. The zero-order valence-electron chi connectivity index (χ0n) is 20.4. The lowest BCUT2D eigenvalue weighted by Gasteiger charge is -2.30. The molecule has 0 fully saturated rings. The van der Waals surface area contributed by atoms with Gasteiger partial charge in [-0.1, -0.05) is 24.3 Å². The minimum Gasteiger partial charge on any atom is -0.352 e. The summed E-state index contributed by atoms with van der Waals surface area (Å²) in [5.74, 6) is -0.958. The quantitative estimate of drug-likeness (QED) is 0.520. The van der Waals surface area contributed by atoms with E-state index in [-0.39, 0.29) is 49.6 Å². The first-order chi connectivity index (χ1) is 15.9. The smallest absolute Gasteiger partial charge is 0.242 e. The van der Waals surface area contributed by atoms with Crippen LogP contribution in [-0.4, -0.2) is 50.0 Å². The van der Waals surface area contributed by atoms with Gasteiger partial charge in [0.2, 0.25) is 21.8 Å². The molecule has 0 aliphatic carbocycles. The van der Waals surface area contributed by atoms with Crippen LogP contribution in [0.1, 0.15) is 44.7 Å². The molecule has 2 rings (SSSR count). The summed E-state index contributed by atoms with van der Waals surface area (Å²) in [5.41, 5.74) is 2.16. The van der Waals surface area contributed by atoms with Crippen molar-refractivity contribution in [1.82, 2.24) is 10.2 Å². The standard InChI is InChI=1S/C25H34FN3O4S/c1-18(2)27-25(31)20(4)28(17-21-11-13-22(26)14-12-21)24(30)10-7-15-29(34(5,32)33)23-9-6-8-19(3)16-23/h6,8-9,11-14,16,18,20H,7,10,15,17H2,1-5H3,(H,27,31)/t20-/m1/s1. The maximum atomic E-state index is 13.3. The van der Waals surface area contributed by atoms with Gasteiger partial charge in [-0.2, -0.15) is 0 Å². The summed E-state index contributed by atoms with van der Waals surface area (Å²) in [5, 5.41) is 2.81. The molecule has 0 aliphatic rings. The monoisotopic (exact) mass is 491 g/mol. The second-order valence-electron chi connectivity index (χ2n) is 8.77. The molecule has 0 heterocycles. The molecule has 0 radical (unpaired) electrons. The van der Waals surface area contributed by atoms with Crippen LogP contribution < -0.4 is 9.62 Å². The fourth-order valence-corrected chi connectivity index (χ4v) is 4.52. The van der Waals surface area contributed by atoms with Gasteiger partial charge in [0, 0.05) is 25.6 Å². The number of carbonyl (C=O) groups is 2. The third-order valence-electron chi connectivity index (χ3n) is 5.31. The zero-order valence-corrected chi connectivity index (χ0v) is 21.2. The lowest BCUT2D eigenvalue weighted by atomic mass is 10.1. The SMILES string of the molecule is Cc1cccc(N(CCCC(=O)N(Cc2ccc(F)cc2)[C@H](C)C(=O)NC(C)C)S(C)(=O)=O)c1. The summed E-state index contributed by atoms with van der Waals surface area (Å²) in [4.78, 5) is 27.2. The van der Waals surface area contributed by atoms with Gasteiger partial charge in [0.1, 0.15) is 11.9 Å². The van der Waals surface area contributed by atoms with Gasteiger partial charge in [0.15, 0.2) is 0 Å². The molecule has 2 aromatic carbocycles. The average molecular weight is 492 g/mol. The van der Waals surface area contributed by atoms with Crippen LogP contribution in [0.25, 0.3) is 0 Å². The van der Waals surface area contributed by atoms with Gasteiger partial charge in [-0.05, 0) is 69.5 Å². The van der Waals surface area contributed by atoms with Crippen LogP contribution in [0.15, 0.2) is 48.5 Å². The van der Waals surface area contributed by atoms with Crippen molar-refractivity contribution in [2.75, 3.05) is 17.1 Å². The van der Waals surface area contributed by atoms with E-state index in [4.69, 9.17) is 0 Å². The van der Waals surface area contributed by atoms with Gasteiger partial charge in [-0.3, -0.25) is 13.9 Å². The van der Waals surface area contributed by atoms with Gasteiger partial charge in [0.25, 0.3) is 0 Å². The van der Waals surface area contributed by atoms with Gasteiger partial charge in [-0.15, -0.1) is 0 Å². The van der Waals surface area contributed by atoms with Crippen molar-refractivity contribution in [3.8, 4) is 0 Å². The van der Waals surface area contributed by atoms with Crippen molar-refractivity contribution in [2.24, 2.45) is 0 Å². The van der Waals surface area contributed by atoms with Gasteiger partial charge >= 0.3 is 0 Å². The van der Waals surface area contributed by atoms with E-state index in [0.717, 1.165) is 11.8 Å². The number of hydrogen-bond acceptors (Lipinski definition) is 4. The Hall–Kier alpha value is -2.94. The van der Waals surface area contributed by atoms with E-state index in [1.165, 1.54) is 21.3 Å². The topological polar surface area (TPSA) is 86.8 Å². The van der Waals surface area contributed by atoms with Gasteiger partial charge in [0.05, 0.1) is 11.9 Å². The first-order valence-corrected chi connectivity index (χ1v) is 13.1. The van der Waals surface area contributed by atoms with Crippen LogP contribution in [0.4, 0.5) is 10.1 Å². The highest BCUT2D eigenvalue weighted by atomic mass is 32.2. The highest BCUT2D eigenvalue weighted by Gasteiger charge is 2.27. The molecule has 0 bridgehead atoms. The first-order valence-electron chi connectivity index (χ1n) is 11.3. The summed E-state index contributed by atoms with van der Waals surface area (Å²) in [6.07, 6.45) is 1.47. The van der Waals surface area contributed by atoms with Crippen LogP contribution in [0, 0.1) is 12.7 Å². The van der Waals surface area contributed by atoms with Gasteiger partial charge in [-0.25, -0.2) is 12.8 Å². The van der Waals surface area contributed by atoms with E-state index in [9.17, 15) is 22.4 Å². The number of nitrogens with zero attached hydrogens (tertiary/aromatic N) is 2. The fraction of sp³-hybridized carbons (Fsp3) is 0.440. The lowest BCUT2D eigenvalue weighted by Crippen LogP contribution is -2.49. The van der Waals surface area contributed by atoms with Crippen molar-refractivity contribution < 1.29 is 22.4 Å². The molecule has 0 unspecified atom stereocenters. The number of nitrogens with one attached hydrogen (secondary N) is 1. The molecule has 7 nitrogen and oxygen atoms in total. The molecule has 0 saturated heterocycles. The van der Waals surface area contributed by atoms with Crippen LogP contribution >= 0.6 is 0 Å². The molecule has 186 valence electrons. The van der Waals surface area contributed by atoms with Crippen LogP contribution in [0.2, 0.25) is 0 Å². The van der Waals surface area contributed by atoms with Crippen molar-refractivity contribution in [2.45, 2.75) is 59.2 Å². The van der Waals surface area contributed by atoms with Crippen molar-refractivity contribution in [3.63, 3.8) is 0 Å². The molecular formula is C25H34FN3O4S. The Labute approximate surface area is 202 Å². The predicted molar refractivity (Wildman–Crippen MR) is 132 cm³/mol. The molecule has 9 heteroatoms. The Kier molecular flexibility index (Phi) is 9.61. The molecule has 2 amide bonds. The van der Waals surface area contributed by atoms with E-state index in [2.05, 4.69) is 5.32 Å². The third-order valence-corrected chi connectivity index (χ3v) is 6.50. The molecule has 34 heavy (non-hydrogen) atoms. The number of hydrogen-bond donors (Lipinski definition) is 1. The molecule has 1 atom stereocenters. The average Bonchev–Trinajstić information content (AvgIpc) is 2.74. The number of rotatable bonds is 11. The maximum Gasteiger partial charge on any atom is 0.242 e. The summed E-state index contributed by atoms with van der Waals surface area (Å²) >= 11 is 0. The molecule has 0 spiro atoms. The maximum absolute atomic E-state index is 13.3. The molecular weight excluding hydrogens is 457 g/mol. The number of sulfonamides is 1. The number of benzene rings is 2. The minimum atomic E-state index is -3.54. The number of aryl methyl sites for hydroxylation is 1. The van der Waals surface area contributed by atoms with E-state index in [1.54, 1.807) is 37.3 Å². The van der Waals surface area contributed by atoms with E-state index in [1.807, 2.05) is 26.8 Å². The Balaban J connectivity index is 2.16. The molecule has 1 N–H and O–H groups in total. The summed E-state index contributed by atoms with van der Waals surface area (Å²) in [6, 6.07) is 12.1. The number of anilines is 1. The summed E-state index contributed by atoms with van der Waals surface area (Å²) in [6.45, 7) is 7.47. The highest BCUT2D eigenvalue weighted by Crippen LogP contribution is 2.20. The fourth-order valence-electron chi connectivity index (χ4n) is 3.56. The Morgan fingerprint density at radius 1 is 1.06 bits per heavy atom. The molecule has 0 aromatic heterocycles. The number of amides is 2. The first kappa shape index (κ1) is 27.3. The van der Waals surface area contributed by atoms with Crippen molar-refractivity contribution in [3.05, 3.63) is 65.5 Å². The second kappa shape index (κ2) is 12.0. The Morgan fingerprint density at radius 3 is 2.26 bits per heavy atom. The number of carbonyl (C=O) groups excluding carboxylic acids is 2. The van der Waals surface area contributed by atoms with Crippen molar-refractivity contribution >= 4 is 27.5 Å². The zero-order chi connectivity index (χ0) is 25.5. The second-order valence-corrected chi connectivity index (χ2v) is 10.7. The molecule has 0 saturated carbocycles. The number of halogens is 1. The normalized spacial score (nSPS) is 12.3. The van der Waals surface area contributed by atoms with E-state index in [0.29, 0.717) is 11.3 Å². The molecule has 2 aromatic rings.